The third-order valence-corrected chi connectivity index (χ3v) is 5.91. The summed E-state index contributed by atoms with van der Waals surface area (Å²) >= 11 is 0. The Morgan fingerprint density at radius 2 is 2.22 bits per heavy atom. The van der Waals surface area contributed by atoms with E-state index in [1.807, 2.05) is 6.92 Å². The highest BCUT2D eigenvalue weighted by atomic mass is 32.2. The fourth-order valence-electron chi connectivity index (χ4n) is 3.16. The van der Waals surface area contributed by atoms with Crippen LogP contribution in [-0.2, 0) is 17.1 Å². The molecule has 1 fully saturated rings. The molecule has 126 valence electrons. The Kier molecular flexibility index (Phi) is 4.39. The van der Waals surface area contributed by atoms with Gasteiger partial charge < -0.3 is 4.90 Å². The van der Waals surface area contributed by atoms with Gasteiger partial charge in [0.1, 0.15) is 4.90 Å². The van der Waals surface area contributed by atoms with Crippen LogP contribution in [0, 0.1) is 6.92 Å². The molecule has 2 aromatic rings. The fourth-order valence-corrected chi connectivity index (χ4v) is 4.39. The van der Waals surface area contributed by atoms with Crippen molar-refractivity contribution in [1.82, 2.24) is 24.4 Å². The molecule has 3 heterocycles. The van der Waals surface area contributed by atoms with Gasteiger partial charge in [0.15, 0.2) is 5.65 Å². The summed E-state index contributed by atoms with van der Waals surface area (Å²) < 4.78 is 29.8. The Balaban J connectivity index is 1.86. The second-order valence-corrected chi connectivity index (χ2v) is 7.82. The molecule has 1 aliphatic heterocycles. The van der Waals surface area contributed by atoms with Gasteiger partial charge in [0.25, 0.3) is 0 Å². The second-order valence-electron chi connectivity index (χ2n) is 6.10. The first-order chi connectivity index (χ1) is 10.9. The minimum atomic E-state index is -3.57. The van der Waals surface area contributed by atoms with Crippen molar-refractivity contribution in [3.63, 3.8) is 0 Å². The Bertz CT molecular complexity index is 815. The molecule has 0 saturated carbocycles. The molecule has 7 nitrogen and oxygen atoms in total. The van der Waals surface area contributed by atoms with Gasteiger partial charge in [-0.05, 0) is 38.9 Å². The van der Waals surface area contributed by atoms with Gasteiger partial charge in [-0.3, -0.25) is 4.68 Å². The van der Waals surface area contributed by atoms with Crippen LogP contribution in [0.25, 0.3) is 11.0 Å². The van der Waals surface area contributed by atoms with E-state index in [0.717, 1.165) is 43.6 Å². The molecule has 8 heteroatoms. The number of nitrogens with one attached hydrogen (secondary N) is 1. The van der Waals surface area contributed by atoms with Gasteiger partial charge in [0.05, 0.1) is 5.69 Å². The fraction of sp³-hybridized carbons (Fsp3) is 0.600. The van der Waals surface area contributed by atoms with Gasteiger partial charge in [0.2, 0.25) is 10.0 Å². The van der Waals surface area contributed by atoms with E-state index in [1.54, 1.807) is 17.8 Å². The van der Waals surface area contributed by atoms with Crippen molar-refractivity contribution in [3.8, 4) is 0 Å². The number of nitrogens with zero attached hydrogens (tertiary/aromatic N) is 4. The number of aromatic nitrogens is 3. The summed E-state index contributed by atoms with van der Waals surface area (Å²) in [5.74, 6) is 0. The van der Waals surface area contributed by atoms with E-state index in [2.05, 4.69) is 26.6 Å². The third-order valence-electron chi connectivity index (χ3n) is 4.42. The summed E-state index contributed by atoms with van der Waals surface area (Å²) in [5.41, 5.74) is 1.47. The zero-order chi connectivity index (χ0) is 16.6. The van der Waals surface area contributed by atoms with Crippen LogP contribution in [-0.4, -0.2) is 53.8 Å². The Labute approximate surface area is 136 Å². The smallest absolute Gasteiger partial charge is 0.242 e. The monoisotopic (exact) mass is 337 g/mol. The number of likely N-dealkylation sites (N-methyl/N-ethyl adjacent to an activating group) is 1. The lowest BCUT2D eigenvalue weighted by Crippen LogP contribution is -2.47. The molecule has 0 aromatic carbocycles. The van der Waals surface area contributed by atoms with Crippen LogP contribution in [0.15, 0.2) is 17.2 Å². The molecule has 1 N–H and O–H groups in total. The molecule has 3 rings (SSSR count). The Morgan fingerprint density at radius 3 is 2.96 bits per heavy atom. The zero-order valence-corrected chi connectivity index (χ0v) is 14.6. The van der Waals surface area contributed by atoms with Crippen LogP contribution in [0.2, 0.25) is 0 Å². The van der Waals surface area contributed by atoms with Crippen molar-refractivity contribution in [1.29, 1.82) is 0 Å². The van der Waals surface area contributed by atoms with Gasteiger partial charge in [0, 0.05) is 31.2 Å². The van der Waals surface area contributed by atoms with Gasteiger partial charge in [-0.1, -0.05) is 6.92 Å². The molecule has 23 heavy (non-hydrogen) atoms. The van der Waals surface area contributed by atoms with Crippen LogP contribution in [0.5, 0.6) is 0 Å². The average Bonchev–Trinajstić information content (AvgIpc) is 2.81. The van der Waals surface area contributed by atoms with E-state index < -0.39 is 10.0 Å². The van der Waals surface area contributed by atoms with Crippen molar-refractivity contribution in [2.45, 2.75) is 37.6 Å². The molecule has 2 aromatic heterocycles. The molecular weight excluding hydrogens is 314 g/mol. The lowest BCUT2D eigenvalue weighted by molar-refractivity contribution is 0.211. The molecule has 0 amide bonds. The first-order valence-electron chi connectivity index (χ1n) is 7.94. The van der Waals surface area contributed by atoms with Crippen molar-refractivity contribution >= 4 is 21.1 Å². The molecule has 1 atom stereocenters. The van der Waals surface area contributed by atoms with Gasteiger partial charge in [-0.2, -0.15) is 5.10 Å². The van der Waals surface area contributed by atoms with Crippen molar-refractivity contribution in [2.24, 2.45) is 7.05 Å². The topological polar surface area (TPSA) is 80.1 Å². The predicted octanol–water partition coefficient (Wildman–Crippen LogP) is 1.04. The standard InChI is InChI=1S/C15H23N5O2S/c1-4-20-7-5-6-12(10-20)18-23(21,22)13-8-14-11(2)17-19(3)15(14)16-9-13/h8-9,12,18H,4-7,10H2,1-3H3/t12-/m0/s1. The van der Waals surface area contributed by atoms with Crippen LogP contribution >= 0.6 is 0 Å². The number of hydrogen-bond donors (Lipinski definition) is 1. The molecular formula is C15H23N5O2S. The second kappa shape index (κ2) is 6.18. The van der Waals surface area contributed by atoms with E-state index in [1.165, 1.54) is 6.20 Å². The summed E-state index contributed by atoms with van der Waals surface area (Å²) in [5, 5.41) is 5.05. The first-order valence-corrected chi connectivity index (χ1v) is 9.43. The predicted molar refractivity (Wildman–Crippen MR) is 88.7 cm³/mol. The van der Waals surface area contributed by atoms with Crippen molar-refractivity contribution < 1.29 is 8.42 Å². The maximum atomic E-state index is 12.7. The summed E-state index contributed by atoms with van der Waals surface area (Å²) in [6.45, 7) is 6.70. The average molecular weight is 337 g/mol. The number of piperidine rings is 1. The van der Waals surface area contributed by atoms with E-state index in [0.29, 0.717) is 5.65 Å². The van der Waals surface area contributed by atoms with E-state index in [-0.39, 0.29) is 10.9 Å². The lowest BCUT2D eigenvalue weighted by Gasteiger charge is -2.32. The molecule has 0 unspecified atom stereocenters. The number of likely N-dealkylation sites (tertiary alicyclic amines) is 1. The van der Waals surface area contributed by atoms with Gasteiger partial charge in [-0.25, -0.2) is 18.1 Å². The Morgan fingerprint density at radius 1 is 1.43 bits per heavy atom. The molecule has 0 spiro atoms. The minimum Gasteiger partial charge on any atom is -0.302 e. The van der Waals surface area contributed by atoms with Crippen LogP contribution in [0.1, 0.15) is 25.5 Å². The Hall–Kier alpha value is -1.51. The maximum absolute atomic E-state index is 12.7. The number of rotatable bonds is 4. The third kappa shape index (κ3) is 3.24. The maximum Gasteiger partial charge on any atom is 0.242 e. The molecule has 0 bridgehead atoms. The van der Waals surface area contributed by atoms with Gasteiger partial charge >= 0.3 is 0 Å². The SMILES string of the molecule is CCN1CCC[C@H](NS(=O)(=O)c2cnc3c(c2)c(C)nn3C)C1. The number of aryl methyl sites for hydroxylation is 2. The quantitative estimate of drug-likeness (QED) is 0.902. The molecule has 0 radical (unpaired) electrons. The summed E-state index contributed by atoms with van der Waals surface area (Å²) in [6, 6.07) is 1.62. The summed E-state index contributed by atoms with van der Waals surface area (Å²) in [7, 11) is -1.77. The largest absolute Gasteiger partial charge is 0.302 e. The van der Waals surface area contributed by atoms with Crippen molar-refractivity contribution in [2.75, 3.05) is 19.6 Å². The molecule has 0 aliphatic carbocycles. The number of pyridine rings is 1. The highest BCUT2D eigenvalue weighted by molar-refractivity contribution is 7.89. The molecule has 1 aliphatic rings. The molecule has 1 saturated heterocycles. The van der Waals surface area contributed by atoms with Crippen LogP contribution in [0.3, 0.4) is 0 Å². The van der Waals surface area contributed by atoms with E-state index >= 15 is 0 Å². The lowest BCUT2D eigenvalue weighted by atomic mass is 10.1. The number of sulfonamides is 1. The van der Waals surface area contributed by atoms with Crippen LogP contribution in [0.4, 0.5) is 0 Å². The zero-order valence-electron chi connectivity index (χ0n) is 13.8. The van der Waals surface area contributed by atoms with E-state index in [4.69, 9.17) is 0 Å². The van der Waals surface area contributed by atoms with Crippen molar-refractivity contribution in [3.05, 3.63) is 18.0 Å². The normalized spacial score (nSPS) is 20.2. The summed E-state index contributed by atoms with van der Waals surface area (Å²) in [4.78, 5) is 6.73. The first kappa shape index (κ1) is 16.4. The minimum absolute atomic E-state index is 0.0422. The van der Waals surface area contributed by atoms with Crippen LogP contribution < -0.4 is 4.72 Å². The highest BCUT2D eigenvalue weighted by Gasteiger charge is 2.25. The van der Waals surface area contributed by atoms with E-state index in [9.17, 15) is 8.42 Å². The highest BCUT2D eigenvalue weighted by Crippen LogP contribution is 2.20. The number of fused-ring (bicyclic) bond motifs is 1. The summed E-state index contributed by atoms with van der Waals surface area (Å²) in [6.07, 6.45) is 3.30. The van der Waals surface area contributed by atoms with Gasteiger partial charge in [-0.15, -0.1) is 0 Å². The number of hydrogen-bond acceptors (Lipinski definition) is 5.